The molecule has 0 saturated heterocycles. The first-order valence-corrected chi connectivity index (χ1v) is 10.0. The standard InChI is InChI=1S/C19H26N4O5S/c1-10(2)8-22(17(25)12-6-7-13(29-12)18(26)28-5)14-15(20)23(9-11(3)4)19(27)21-16(14)24/h6-7,10-11H,8-9,20H2,1-5H3,(H,21,24,27). The number of hydrogen-bond acceptors (Lipinski definition) is 7. The van der Waals surface area contributed by atoms with Gasteiger partial charge in [0.2, 0.25) is 0 Å². The Morgan fingerprint density at radius 2 is 1.79 bits per heavy atom. The van der Waals surface area contributed by atoms with Crippen LogP contribution in [0.3, 0.4) is 0 Å². The summed E-state index contributed by atoms with van der Waals surface area (Å²) in [6.07, 6.45) is 0. The zero-order chi connectivity index (χ0) is 21.9. The number of rotatable bonds is 7. The Morgan fingerprint density at radius 3 is 2.34 bits per heavy atom. The molecule has 9 nitrogen and oxygen atoms in total. The second kappa shape index (κ2) is 9.08. The van der Waals surface area contributed by atoms with E-state index in [1.165, 1.54) is 28.7 Å². The number of esters is 1. The average Bonchev–Trinajstić information content (AvgIpc) is 3.12. The minimum Gasteiger partial charge on any atom is -0.465 e. The van der Waals surface area contributed by atoms with Crippen LogP contribution in [0.2, 0.25) is 0 Å². The maximum absolute atomic E-state index is 13.2. The molecule has 2 heterocycles. The summed E-state index contributed by atoms with van der Waals surface area (Å²) < 4.78 is 5.94. The van der Waals surface area contributed by atoms with E-state index >= 15 is 0 Å². The minimum atomic E-state index is -0.730. The highest BCUT2D eigenvalue weighted by molar-refractivity contribution is 7.16. The van der Waals surface area contributed by atoms with E-state index in [1.807, 2.05) is 27.7 Å². The molecule has 2 aromatic heterocycles. The highest BCUT2D eigenvalue weighted by atomic mass is 32.1. The van der Waals surface area contributed by atoms with E-state index in [9.17, 15) is 19.2 Å². The molecule has 0 aliphatic heterocycles. The monoisotopic (exact) mass is 422 g/mol. The highest BCUT2D eigenvalue weighted by Crippen LogP contribution is 2.25. The van der Waals surface area contributed by atoms with Crippen LogP contribution in [0.15, 0.2) is 21.7 Å². The van der Waals surface area contributed by atoms with Crippen LogP contribution in [0, 0.1) is 11.8 Å². The van der Waals surface area contributed by atoms with Gasteiger partial charge in [-0.3, -0.25) is 24.0 Å². The fourth-order valence-corrected chi connectivity index (χ4v) is 3.69. The lowest BCUT2D eigenvalue weighted by Crippen LogP contribution is -2.42. The van der Waals surface area contributed by atoms with E-state index in [1.54, 1.807) is 0 Å². The van der Waals surface area contributed by atoms with E-state index in [2.05, 4.69) is 9.72 Å². The molecule has 0 aliphatic carbocycles. The van der Waals surface area contributed by atoms with Gasteiger partial charge in [0.1, 0.15) is 10.7 Å². The largest absolute Gasteiger partial charge is 0.465 e. The quantitative estimate of drug-likeness (QED) is 0.656. The van der Waals surface area contributed by atoms with Crippen molar-refractivity contribution in [2.45, 2.75) is 34.2 Å². The van der Waals surface area contributed by atoms with Crippen LogP contribution in [0.1, 0.15) is 47.0 Å². The number of nitrogens with zero attached hydrogens (tertiary/aromatic N) is 2. The van der Waals surface area contributed by atoms with Gasteiger partial charge in [0.15, 0.2) is 5.69 Å². The van der Waals surface area contributed by atoms with Gasteiger partial charge in [0.25, 0.3) is 11.5 Å². The number of ether oxygens (including phenoxy) is 1. The molecular weight excluding hydrogens is 396 g/mol. The van der Waals surface area contributed by atoms with Crippen molar-refractivity contribution in [1.82, 2.24) is 9.55 Å². The number of anilines is 2. The molecule has 0 atom stereocenters. The van der Waals surface area contributed by atoms with Gasteiger partial charge >= 0.3 is 11.7 Å². The number of nitrogen functional groups attached to an aromatic ring is 1. The molecule has 2 rings (SSSR count). The molecule has 2 aromatic rings. The van der Waals surface area contributed by atoms with Gasteiger partial charge in [0, 0.05) is 13.1 Å². The maximum Gasteiger partial charge on any atom is 0.348 e. The molecule has 0 aromatic carbocycles. The Kier molecular flexibility index (Phi) is 7.02. The first-order chi connectivity index (χ1) is 13.6. The van der Waals surface area contributed by atoms with E-state index in [-0.39, 0.29) is 39.6 Å². The molecule has 0 aliphatic rings. The summed E-state index contributed by atoms with van der Waals surface area (Å²) in [5.74, 6) is -0.976. The predicted octanol–water partition coefficient (Wildman–Crippen LogP) is 1.93. The van der Waals surface area contributed by atoms with Gasteiger partial charge in [-0.15, -0.1) is 11.3 Å². The van der Waals surface area contributed by atoms with Crippen molar-refractivity contribution < 1.29 is 14.3 Å². The lowest BCUT2D eigenvalue weighted by atomic mass is 10.2. The molecule has 0 unspecified atom stereocenters. The van der Waals surface area contributed by atoms with Crippen LogP contribution in [-0.4, -0.2) is 35.1 Å². The molecule has 1 amide bonds. The summed E-state index contributed by atoms with van der Waals surface area (Å²) in [5.41, 5.74) is 4.76. The van der Waals surface area contributed by atoms with Crippen molar-refractivity contribution in [1.29, 1.82) is 0 Å². The number of nitrogens with one attached hydrogen (secondary N) is 1. The van der Waals surface area contributed by atoms with Crippen molar-refractivity contribution >= 4 is 34.7 Å². The number of aromatic amines is 1. The Labute approximate surface area is 172 Å². The SMILES string of the molecule is COC(=O)c1ccc(C(=O)N(CC(C)C)c2c(N)n(CC(C)C)c(=O)[nH]c2=O)s1. The van der Waals surface area contributed by atoms with E-state index < -0.39 is 23.1 Å². The molecule has 10 heteroatoms. The third kappa shape index (κ3) is 4.94. The molecule has 0 bridgehead atoms. The number of carbonyl (C=O) groups excluding carboxylic acids is 2. The van der Waals surface area contributed by atoms with Gasteiger partial charge in [-0.1, -0.05) is 27.7 Å². The van der Waals surface area contributed by atoms with Crippen LogP contribution in [0.4, 0.5) is 11.5 Å². The number of H-pyrrole nitrogens is 1. The summed E-state index contributed by atoms with van der Waals surface area (Å²) in [6.45, 7) is 8.11. The number of hydrogen-bond donors (Lipinski definition) is 2. The Morgan fingerprint density at radius 1 is 1.17 bits per heavy atom. The highest BCUT2D eigenvalue weighted by Gasteiger charge is 2.27. The van der Waals surface area contributed by atoms with Crippen LogP contribution in [-0.2, 0) is 11.3 Å². The molecule has 158 valence electrons. The van der Waals surface area contributed by atoms with Crippen molar-refractivity contribution in [2.24, 2.45) is 11.8 Å². The maximum atomic E-state index is 13.2. The lowest BCUT2D eigenvalue weighted by molar-refractivity contribution is 0.0606. The predicted molar refractivity (Wildman–Crippen MR) is 113 cm³/mol. The normalized spacial score (nSPS) is 11.1. The number of thiophene rings is 1. The van der Waals surface area contributed by atoms with Gasteiger partial charge in [0.05, 0.1) is 12.0 Å². The molecule has 0 radical (unpaired) electrons. The number of carbonyl (C=O) groups is 2. The first kappa shape index (κ1) is 22.4. The summed E-state index contributed by atoms with van der Waals surface area (Å²) in [7, 11) is 1.26. The van der Waals surface area contributed by atoms with Gasteiger partial charge < -0.3 is 10.5 Å². The van der Waals surface area contributed by atoms with E-state index in [4.69, 9.17) is 5.73 Å². The Bertz CT molecular complexity index is 1020. The number of methoxy groups -OCH3 is 1. The topological polar surface area (TPSA) is 127 Å². The van der Waals surface area contributed by atoms with Crippen LogP contribution in [0.5, 0.6) is 0 Å². The van der Waals surface area contributed by atoms with Crippen molar-refractivity contribution in [3.8, 4) is 0 Å². The number of aromatic nitrogens is 2. The fraction of sp³-hybridized carbons (Fsp3) is 0.474. The van der Waals surface area contributed by atoms with Crippen molar-refractivity contribution in [2.75, 3.05) is 24.3 Å². The second-order valence-electron chi connectivity index (χ2n) is 7.46. The summed E-state index contributed by atoms with van der Waals surface area (Å²) in [6, 6.07) is 2.99. The lowest BCUT2D eigenvalue weighted by Gasteiger charge is -2.26. The molecular formula is C19H26N4O5S. The van der Waals surface area contributed by atoms with Gasteiger partial charge in [-0.25, -0.2) is 9.59 Å². The summed E-state index contributed by atoms with van der Waals surface area (Å²) >= 11 is 0.966. The van der Waals surface area contributed by atoms with E-state index in [0.717, 1.165) is 11.3 Å². The smallest absolute Gasteiger partial charge is 0.348 e. The fourth-order valence-electron chi connectivity index (χ4n) is 2.82. The van der Waals surface area contributed by atoms with Crippen LogP contribution in [0.25, 0.3) is 0 Å². The third-order valence-electron chi connectivity index (χ3n) is 4.03. The zero-order valence-corrected chi connectivity index (χ0v) is 18.0. The van der Waals surface area contributed by atoms with E-state index in [0.29, 0.717) is 6.54 Å². The Hall–Kier alpha value is -2.88. The second-order valence-corrected chi connectivity index (χ2v) is 8.55. The molecule has 29 heavy (non-hydrogen) atoms. The molecule has 0 spiro atoms. The van der Waals surface area contributed by atoms with Gasteiger partial charge in [-0.2, -0.15) is 0 Å². The summed E-state index contributed by atoms with van der Waals surface area (Å²) in [5, 5.41) is 0. The number of nitrogens with two attached hydrogens (primary N) is 1. The van der Waals surface area contributed by atoms with Crippen molar-refractivity contribution in [3.63, 3.8) is 0 Å². The molecule has 3 N–H and O–H groups in total. The first-order valence-electron chi connectivity index (χ1n) is 9.19. The molecule has 0 fully saturated rings. The van der Waals surface area contributed by atoms with Crippen molar-refractivity contribution in [3.05, 3.63) is 42.7 Å². The van der Waals surface area contributed by atoms with Crippen LogP contribution < -0.4 is 21.9 Å². The average molecular weight is 423 g/mol. The third-order valence-corrected chi connectivity index (χ3v) is 5.08. The van der Waals surface area contributed by atoms with Crippen LogP contribution >= 0.6 is 11.3 Å². The molecule has 0 saturated carbocycles. The minimum absolute atomic E-state index is 0.0169. The van der Waals surface area contributed by atoms with Gasteiger partial charge in [-0.05, 0) is 24.0 Å². The Balaban J connectivity index is 2.60. The zero-order valence-electron chi connectivity index (χ0n) is 17.1. The summed E-state index contributed by atoms with van der Waals surface area (Å²) in [4.78, 5) is 53.8. The number of amides is 1.